The first kappa shape index (κ1) is 20.9. The minimum atomic E-state index is -0.774. The van der Waals surface area contributed by atoms with Gasteiger partial charge in [-0.15, -0.1) is 0 Å². The van der Waals surface area contributed by atoms with Crippen LogP contribution in [0.2, 0.25) is 5.02 Å². The van der Waals surface area contributed by atoms with E-state index in [0.29, 0.717) is 29.9 Å². The maximum absolute atomic E-state index is 12.8. The molecule has 2 rings (SSSR count). The van der Waals surface area contributed by atoms with Gasteiger partial charge < -0.3 is 25.2 Å². The summed E-state index contributed by atoms with van der Waals surface area (Å²) in [6.07, 6.45) is 0.936. The maximum Gasteiger partial charge on any atom is 0.338 e. The Hall–Kier alpha value is -2.41. The number of benzene rings is 1. The summed E-state index contributed by atoms with van der Waals surface area (Å²) in [6.45, 7) is 7.56. The number of phenols is 1. The number of carbonyl (C=O) groups excluding carboxylic acids is 2. The SMILES string of the molecule is CCCC1=C(C(=O)OC(C)C)C(c2cc(Cl)c(O)c(OCC)c2)NC(=O)N1. The first-order chi connectivity index (χ1) is 12.8. The fourth-order valence-electron chi connectivity index (χ4n) is 2.86. The van der Waals surface area contributed by atoms with Crippen LogP contribution in [0.4, 0.5) is 4.79 Å². The summed E-state index contributed by atoms with van der Waals surface area (Å²) in [4.78, 5) is 24.9. The van der Waals surface area contributed by atoms with E-state index in [-0.39, 0.29) is 22.6 Å². The third kappa shape index (κ3) is 4.86. The van der Waals surface area contributed by atoms with Gasteiger partial charge in [-0.1, -0.05) is 24.9 Å². The molecule has 1 unspecified atom stereocenters. The average Bonchev–Trinajstić information content (AvgIpc) is 2.58. The van der Waals surface area contributed by atoms with Gasteiger partial charge in [0.1, 0.15) is 0 Å². The first-order valence-corrected chi connectivity index (χ1v) is 9.32. The minimum Gasteiger partial charge on any atom is -0.503 e. The van der Waals surface area contributed by atoms with Crippen LogP contribution in [0.1, 0.15) is 52.1 Å². The van der Waals surface area contributed by atoms with Crippen LogP contribution >= 0.6 is 11.6 Å². The molecule has 0 aliphatic carbocycles. The third-order valence-electron chi connectivity index (χ3n) is 3.90. The van der Waals surface area contributed by atoms with Crippen LogP contribution in [-0.2, 0) is 9.53 Å². The van der Waals surface area contributed by atoms with Crippen LogP contribution in [0.3, 0.4) is 0 Å². The normalized spacial score (nSPS) is 16.8. The zero-order chi connectivity index (χ0) is 20.1. The van der Waals surface area contributed by atoms with Crippen molar-refractivity contribution in [3.63, 3.8) is 0 Å². The lowest BCUT2D eigenvalue weighted by Crippen LogP contribution is -2.46. The number of nitrogens with one attached hydrogen (secondary N) is 2. The number of ether oxygens (including phenoxy) is 2. The van der Waals surface area contributed by atoms with Crippen LogP contribution in [0.25, 0.3) is 0 Å². The number of allylic oxidation sites excluding steroid dienone is 1. The Kier molecular flexibility index (Phi) is 6.96. The van der Waals surface area contributed by atoms with Gasteiger partial charge in [-0.3, -0.25) is 0 Å². The summed E-state index contributed by atoms with van der Waals surface area (Å²) in [7, 11) is 0. The van der Waals surface area contributed by atoms with Crippen molar-refractivity contribution < 1.29 is 24.2 Å². The highest BCUT2D eigenvalue weighted by atomic mass is 35.5. The van der Waals surface area contributed by atoms with Crippen LogP contribution in [0, 0.1) is 0 Å². The molecule has 0 bridgehead atoms. The predicted octanol–water partition coefficient (Wildman–Crippen LogP) is 3.80. The molecule has 148 valence electrons. The predicted molar refractivity (Wildman–Crippen MR) is 102 cm³/mol. The van der Waals surface area contributed by atoms with Crippen LogP contribution < -0.4 is 15.4 Å². The molecule has 2 amide bonds. The van der Waals surface area contributed by atoms with Crippen molar-refractivity contribution in [3.8, 4) is 11.5 Å². The topological polar surface area (TPSA) is 96.9 Å². The number of hydrogen-bond acceptors (Lipinski definition) is 5. The minimum absolute atomic E-state index is 0.0670. The molecule has 0 spiro atoms. The Bertz CT molecular complexity index is 761. The summed E-state index contributed by atoms with van der Waals surface area (Å²) >= 11 is 6.13. The van der Waals surface area contributed by atoms with Crippen molar-refractivity contribution in [3.05, 3.63) is 34.0 Å². The molecular formula is C19H25ClN2O5. The number of esters is 1. The number of hydrogen-bond donors (Lipinski definition) is 3. The van der Waals surface area contributed by atoms with Gasteiger partial charge in [-0.2, -0.15) is 0 Å². The lowest BCUT2D eigenvalue weighted by molar-refractivity contribution is -0.143. The second kappa shape index (κ2) is 8.99. The van der Waals surface area contributed by atoms with Crippen molar-refractivity contribution in [1.29, 1.82) is 0 Å². The van der Waals surface area contributed by atoms with Gasteiger partial charge in [0.2, 0.25) is 0 Å². The zero-order valence-corrected chi connectivity index (χ0v) is 16.6. The largest absolute Gasteiger partial charge is 0.503 e. The summed E-state index contributed by atoms with van der Waals surface area (Å²) in [5.41, 5.74) is 1.34. The van der Waals surface area contributed by atoms with Crippen LogP contribution in [-0.4, -0.2) is 29.8 Å². The molecule has 1 atom stereocenters. The van der Waals surface area contributed by atoms with Crippen molar-refractivity contribution >= 4 is 23.6 Å². The lowest BCUT2D eigenvalue weighted by Gasteiger charge is -2.30. The van der Waals surface area contributed by atoms with E-state index in [1.807, 2.05) is 6.92 Å². The second-order valence-corrected chi connectivity index (χ2v) is 6.82. The monoisotopic (exact) mass is 396 g/mol. The highest BCUT2D eigenvalue weighted by Crippen LogP contribution is 2.39. The Labute approximate surface area is 163 Å². The van der Waals surface area contributed by atoms with Crippen molar-refractivity contribution in [2.45, 2.75) is 52.7 Å². The fourth-order valence-corrected chi connectivity index (χ4v) is 3.08. The van der Waals surface area contributed by atoms with Crippen LogP contribution in [0.5, 0.6) is 11.5 Å². The highest BCUT2D eigenvalue weighted by molar-refractivity contribution is 6.32. The summed E-state index contributed by atoms with van der Waals surface area (Å²) in [6, 6.07) is 1.87. The molecule has 1 aromatic carbocycles. The Morgan fingerprint density at radius 1 is 1.33 bits per heavy atom. The molecule has 3 N–H and O–H groups in total. The first-order valence-electron chi connectivity index (χ1n) is 8.95. The van der Waals surface area contributed by atoms with Gasteiger partial charge in [-0.05, 0) is 44.9 Å². The molecule has 1 aromatic rings. The quantitative estimate of drug-likeness (QED) is 0.609. The fraction of sp³-hybridized carbons (Fsp3) is 0.474. The molecule has 0 aromatic heterocycles. The maximum atomic E-state index is 12.8. The van der Waals surface area contributed by atoms with Gasteiger partial charge in [0, 0.05) is 5.70 Å². The summed E-state index contributed by atoms with van der Waals surface area (Å²) in [5.74, 6) is -0.527. The molecule has 0 radical (unpaired) electrons. The third-order valence-corrected chi connectivity index (χ3v) is 4.19. The van der Waals surface area contributed by atoms with E-state index in [1.165, 1.54) is 6.07 Å². The molecule has 0 saturated carbocycles. The van der Waals surface area contributed by atoms with Crippen molar-refractivity contribution in [2.24, 2.45) is 0 Å². The molecule has 8 heteroatoms. The Morgan fingerprint density at radius 2 is 2.04 bits per heavy atom. The number of phenolic OH excluding ortho intramolecular Hbond substituents is 1. The molecule has 7 nitrogen and oxygen atoms in total. The molecule has 0 saturated heterocycles. The van der Waals surface area contributed by atoms with E-state index in [4.69, 9.17) is 21.1 Å². The molecule has 1 aliphatic heterocycles. The van der Waals surface area contributed by atoms with Gasteiger partial charge in [0.05, 0.1) is 29.3 Å². The van der Waals surface area contributed by atoms with Gasteiger partial charge >= 0.3 is 12.0 Å². The number of amides is 2. The molecule has 1 heterocycles. The standard InChI is InChI=1S/C19H25ClN2O5/c1-5-7-13-15(18(24)27-10(3)4)16(22-19(25)21-13)11-8-12(20)17(23)14(9-11)26-6-2/h8-10,16,23H,5-7H2,1-4H3,(H2,21,22,25). The van der Waals surface area contributed by atoms with E-state index in [2.05, 4.69) is 10.6 Å². The number of carbonyl (C=O) groups is 2. The smallest absolute Gasteiger partial charge is 0.338 e. The molecule has 1 aliphatic rings. The Balaban J connectivity index is 2.58. The number of aromatic hydroxyl groups is 1. The lowest BCUT2D eigenvalue weighted by atomic mass is 9.93. The zero-order valence-electron chi connectivity index (χ0n) is 15.9. The van der Waals surface area contributed by atoms with E-state index in [1.54, 1.807) is 26.8 Å². The Morgan fingerprint density at radius 3 is 2.63 bits per heavy atom. The number of rotatable bonds is 7. The van der Waals surface area contributed by atoms with E-state index in [9.17, 15) is 14.7 Å². The second-order valence-electron chi connectivity index (χ2n) is 6.41. The van der Waals surface area contributed by atoms with Crippen molar-refractivity contribution in [2.75, 3.05) is 6.61 Å². The highest BCUT2D eigenvalue weighted by Gasteiger charge is 2.34. The number of halogens is 1. The van der Waals surface area contributed by atoms with E-state index < -0.39 is 18.0 Å². The molecular weight excluding hydrogens is 372 g/mol. The van der Waals surface area contributed by atoms with E-state index in [0.717, 1.165) is 6.42 Å². The van der Waals surface area contributed by atoms with Crippen molar-refractivity contribution in [1.82, 2.24) is 10.6 Å². The number of urea groups is 1. The average molecular weight is 397 g/mol. The van der Waals surface area contributed by atoms with E-state index >= 15 is 0 Å². The summed E-state index contributed by atoms with van der Waals surface area (Å²) < 4.78 is 10.8. The van der Waals surface area contributed by atoms with Gasteiger partial charge in [-0.25, -0.2) is 9.59 Å². The molecule has 27 heavy (non-hydrogen) atoms. The van der Waals surface area contributed by atoms with Crippen LogP contribution in [0.15, 0.2) is 23.4 Å². The summed E-state index contributed by atoms with van der Waals surface area (Å²) in [5, 5.41) is 15.6. The van der Waals surface area contributed by atoms with Gasteiger partial charge in [0.25, 0.3) is 0 Å². The molecule has 0 fully saturated rings. The van der Waals surface area contributed by atoms with Gasteiger partial charge in [0.15, 0.2) is 11.5 Å².